The largest absolute Gasteiger partial charge is 0.473 e. The molecule has 2 aliphatic rings. The van der Waals surface area contributed by atoms with Crippen molar-refractivity contribution in [3.05, 3.63) is 87.3 Å². The minimum atomic E-state index is -0.617. The zero-order valence-corrected chi connectivity index (χ0v) is 23.3. The second-order valence-corrected chi connectivity index (χ2v) is 11.0. The number of hydrogen-bond acceptors (Lipinski definition) is 8. The van der Waals surface area contributed by atoms with Gasteiger partial charge in [0.1, 0.15) is 28.8 Å². The van der Waals surface area contributed by atoms with Gasteiger partial charge in [-0.1, -0.05) is 35.5 Å². The first kappa shape index (κ1) is 26.3. The molecule has 0 fully saturated rings. The number of ether oxygens (including phenoxy) is 1. The molecule has 2 aliphatic heterocycles. The molecule has 40 heavy (non-hydrogen) atoms. The number of benzene rings is 1. The van der Waals surface area contributed by atoms with E-state index in [9.17, 15) is 8.78 Å². The van der Waals surface area contributed by atoms with Crippen LogP contribution >= 0.6 is 23.4 Å². The zero-order valence-electron chi connectivity index (χ0n) is 21.8. The van der Waals surface area contributed by atoms with E-state index in [0.29, 0.717) is 34.0 Å². The first-order valence-electron chi connectivity index (χ1n) is 12.5. The zero-order chi connectivity index (χ0) is 28.1. The lowest BCUT2D eigenvalue weighted by Crippen LogP contribution is -2.25. The maximum absolute atomic E-state index is 14.9. The van der Waals surface area contributed by atoms with Crippen LogP contribution in [0.3, 0.4) is 0 Å². The van der Waals surface area contributed by atoms with E-state index in [1.54, 1.807) is 24.6 Å². The third kappa shape index (κ3) is 4.58. The SMILES string of the molecule is CC(C)Oc1ncc(-c2nn([C@@H](C)C3=C(c4cccc(F)c4)CN4C(Cl)=CSC4=C3)c3ncnc(N)c23)cc1F. The lowest BCUT2D eigenvalue weighted by atomic mass is 9.93. The molecule has 0 bridgehead atoms. The Labute approximate surface area is 238 Å². The van der Waals surface area contributed by atoms with Gasteiger partial charge in [0, 0.05) is 17.2 Å². The third-order valence-electron chi connectivity index (χ3n) is 6.68. The van der Waals surface area contributed by atoms with Gasteiger partial charge in [0.15, 0.2) is 11.5 Å². The summed E-state index contributed by atoms with van der Waals surface area (Å²) >= 11 is 7.98. The van der Waals surface area contributed by atoms with Gasteiger partial charge in [-0.3, -0.25) is 0 Å². The van der Waals surface area contributed by atoms with Gasteiger partial charge in [-0.2, -0.15) is 5.10 Å². The Hall–Kier alpha value is -3.96. The number of allylic oxidation sites excluding steroid dienone is 2. The highest BCUT2D eigenvalue weighted by Crippen LogP contribution is 2.45. The van der Waals surface area contributed by atoms with E-state index in [1.165, 1.54) is 42.5 Å². The molecule has 2 N–H and O–H groups in total. The van der Waals surface area contributed by atoms with Gasteiger partial charge >= 0.3 is 0 Å². The van der Waals surface area contributed by atoms with E-state index in [0.717, 1.165) is 21.7 Å². The van der Waals surface area contributed by atoms with Crippen LogP contribution in [-0.4, -0.2) is 42.3 Å². The summed E-state index contributed by atoms with van der Waals surface area (Å²) in [5.74, 6) is -0.843. The highest BCUT2D eigenvalue weighted by atomic mass is 35.5. The lowest BCUT2D eigenvalue weighted by molar-refractivity contribution is 0.221. The van der Waals surface area contributed by atoms with Crippen molar-refractivity contribution >= 4 is 45.8 Å². The Morgan fingerprint density at radius 2 is 1.93 bits per heavy atom. The number of pyridine rings is 1. The molecule has 4 aromatic rings. The molecule has 0 radical (unpaired) electrons. The number of nitrogen functional groups attached to an aromatic ring is 1. The van der Waals surface area contributed by atoms with Gasteiger partial charge < -0.3 is 15.4 Å². The predicted molar refractivity (Wildman–Crippen MR) is 153 cm³/mol. The minimum Gasteiger partial charge on any atom is -0.473 e. The molecular weight excluding hydrogens is 556 g/mol. The fraction of sp³-hybridized carbons (Fsp3) is 0.214. The van der Waals surface area contributed by atoms with Crippen molar-refractivity contribution in [1.29, 1.82) is 0 Å². The number of thioether (sulfide) groups is 1. The Kier molecular flexibility index (Phi) is 6.71. The van der Waals surface area contributed by atoms with Crippen LogP contribution in [0.15, 0.2) is 70.1 Å². The summed E-state index contributed by atoms with van der Waals surface area (Å²) in [5.41, 5.74) is 10.1. The monoisotopic (exact) mass is 579 g/mol. The van der Waals surface area contributed by atoms with Gasteiger partial charge in [-0.15, -0.1) is 0 Å². The quantitative estimate of drug-likeness (QED) is 0.259. The highest BCUT2D eigenvalue weighted by molar-refractivity contribution is 8.06. The molecule has 0 aliphatic carbocycles. The molecule has 6 rings (SSSR count). The maximum atomic E-state index is 14.9. The summed E-state index contributed by atoms with van der Waals surface area (Å²) in [5, 5.41) is 8.76. The molecule has 12 heteroatoms. The summed E-state index contributed by atoms with van der Waals surface area (Å²) in [6.07, 6.45) is 4.65. The molecule has 8 nitrogen and oxygen atoms in total. The fourth-order valence-corrected chi connectivity index (χ4v) is 6.01. The number of rotatable bonds is 6. The molecule has 0 spiro atoms. The molecular formula is C28H24ClF2N7OS. The van der Waals surface area contributed by atoms with Crippen molar-refractivity contribution in [3.63, 3.8) is 0 Å². The summed E-state index contributed by atoms with van der Waals surface area (Å²) in [6, 6.07) is 7.40. The average molecular weight is 580 g/mol. The standard InChI is InChI=1S/C28H24ClF2N7OS/c1-14(2)39-28-21(31)8-17(10-33-28)25-24-26(32)34-13-35-27(24)38(36-25)15(3)19-9-23-37(22(29)12-40-23)11-20(19)16-5-4-6-18(30)7-16/h4-10,12-15H,11H2,1-3H3,(H2,32,34,35)/t15-/m0/s1. The number of hydrogen-bond donors (Lipinski definition) is 1. The van der Waals surface area contributed by atoms with Crippen LogP contribution < -0.4 is 10.5 Å². The molecule has 204 valence electrons. The molecule has 1 atom stereocenters. The second kappa shape index (κ2) is 10.2. The summed E-state index contributed by atoms with van der Waals surface area (Å²) in [6.45, 7) is 6.02. The van der Waals surface area contributed by atoms with Crippen molar-refractivity contribution in [2.24, 2.45) is 0 Å². The Morgan fingerprint density at radius 3 is 2.67 bits per heavy atom. The van der Waals surface area contributed by atoms with E-state index in [-0.39, 0.29) is 29.7 Å². The van der Waals surface area contributed by atoms with E-state index < -0.39 is 5.82 Å². The summed E-state index contributed by atoms with van der Waals surface area (Å²) in [4.78, 5) is 14.8. The summed E-state index contributed by atoms with van der Waals surface area (Å²) in [7, 11) is 0. The van der Waals surface area contributed by atoms with E-state index in [4.69, 9.17) is 27.2 Å². The molecule has 0 saturated carbocycles. The first-order valence-corrected chi connectivity index (χ1v) is 13.8. The lowest BCUT2D eigenvalue weighted by Gasteiger charge is -2.30. The molecule has 1 aromatic carbocycles. The van der Waals surface area contributed by atoms with Crippen LogP contribution in [0.2, 0.25) is 0 Å². The number of nitrogens with zero attached hydrogens (tertiary/aromatic N) is 6. The van der Waals surface area contributed by atoms with Crippen LogP contribution in [0.1, 0.15) is 32.4 Å². The Bertz CT molecular complexity index is 1750. The van der Waals surface area contributed by atoms with Gasteiger partial charge in [0.05, 0.1) is 29.1 Å². The van der Waals surface area contributed by atoms with Crippen molar-refractivity contribution in [2.75, 3.05) is 12.3 Å². The number of anilines is 1. The molecule has 5 heterocycles. The highest BCUT2D eigenvalue weighted by Gasteiger charge is 2.31. The third-order valence-corrected chi connectivity index (χ3v) is 8.04. The number of halogens is 3. The molecule has 3 aromatic heterocycles. The van der Waals surface area contributed by atoms with E-state index in [1.807, 2.05) is 29.4 Å². The van der Waals surface area contributed by atoms with Gasteiger partial charge in [0.25, 0.3) is 5.88 Å². The molecule has 0 amide bonds. The predicted octanol–water partition coefficient (Wildman–Crippen LogP) is 6.49. The van der Waals surface area contributed by atoms with Crippen molar-refractivity contribution < 1.29 is 13.5 Å². The van der Waals surface area contributed by atoms with Crippen molar-refractivity contribution in [3.8, 4) is 17.1 Å². The Balaban J connectivity index is 1.51. The van der Waals surface area contributed by atoms with Gasteiger partial charge in [-0.05, 0) is 61.8 Å². The van der Waals surface area contributed by atoms with Crippen LogP contribution in [0.25, 0.3) is 27.9 Å². The summed E-state index contributed by atoms with van der Waals surface area (Å²) < 4.78 is 36.4. The fourth-order valence-electron chi connectivity index (χ4n) is 4.85. The normalized spacial score (nSPS) is 15.9. The van der Waals surface area contributed by atoms with Crippen LogP contribution in [0.4, 0.5) is 14.6 Å². The number of aromatic nitrogens is 5. The topological polar surface area (TPSA) is 95.0 Å². The van der Waals surface area contributed by atoms with E-state index in [2.05, 4.69) is 15.0 Å². The van der Waals surface area contributed by atoms with Crippen LogP contribution in [-0.2, 0) is 0 Å². The average Bonchev–Trinajstić information content (AvgIpc) is 3.50. The molecule has 0 saturated heterocycles. The minimum absolute atomic E-state index is 0.0929. The maximum Gasteiger partial charge on any atom is 0.250 e. The van der Waals surface area contributed by atoms with Gasteiger partial charge in [-0.25, -0.2) is 28.4 Å². The second-order valence-electron chi connectivity index (χ2n) is 9.68. The first-order chi connectivity index (χ1) is 19.2. The van der Waals surface area contributed by atoms with Gasteiger partial charge in [0.2, 0.25) is 0 Å². The van der Waals surface area contributed by atoms with Crippen LogP contribution in [0, 0.1) is 11.6 Å². The van der Waals surface area contributed by atoms with E-state index >= 15 is 0 Å². The smallest absolute Gasteiger partial charge is 0.250 e. The Morgan fingerprint density at radius 1 is 1.10 bits per heavy atom. The number of fused-ring (bicyclic) bond motifs is 2. The van der Waals surface area contributed by atoms with Crippen molar-refractivity contribution in [1.82, 2.24) is 29.6 Å². The van der Waals surface area contributed by atoms with Crippen LogP contribution in [0.5, 0.6) is 5.88 Å². The van der Waals surface area contributed by atoms with Crippen molar-refractivity contribution in [2.45, 2.75) is 32.9 Å². The number of nitrogens with two attached hydrogens (primary N) is 1. The molecule has 0 unspecified atom stereocenters.